The Morgan fingerprint density at radius 2 is 0.759 bits per heavy atom. The summed E-state index contributed by atoms with van der Waals surface area (Å²) in [6, 6.07) is 0. The predicted molar refractivity (Wildman–Crippen MR) is 340 cm³/mol. The first kappa shape index (κ1) is 76.1. The van der Waals surface area contributed by atoms with E-state index in [1.54, 1.807) is 0 Å². The molecule has 1 saturated heterocycles. The molecule has 1 aliphatic heterocycles. The number of ether oxygens (including phenoxy) is 5. The lowest BCUT2D eigenvalue weighted by atomic mass is 9.98. The molecule has 0 aromatic rings. The lowest BCUT2D eigenvalue weighted by molar-refractivity contribution is -0.301. The Kier molecular flexibility index (Phi) is 52.8. The molecule has 470 valence electrons. The minimum Gasteiger partial charge on any atom is -0.479 e. The fraction of sp³-hybridized carbons (Fsp3) is 0.662. The third kappa shape index (κ3) is 47.1. The van der Waals surface area contributed by atoms with Crippen LogP contribution in [0.1, 0.15) is 252 Å². The minimum atomic E-state index is -1.92. The van der Waals surface area contributed by atoms with Gasteiger partial charge in [-0.05, 0) is 128 Å². The molecule has 6 atom stereocenters. The number of unbranched alkanes of at least 4 members (excludes halogenated alkanes) is 20. The highest BCUT2D eigenvalue weighted by Crippen LogP contribution is 2.26. The van der Waals surface area contributed by atoms with Gasteiger partial charge in [-0.25, -0.2) is 4.79 Å². The Balaban J connectivity index is 2.70. The molecule has 1 fully saturated rings. The summed E-state index contributed by atoms with van der Waals surface area (Å²) in [6.07, 6.45) is 67.2. The summed E-state index contributed by atoms with van der Waals surface area (Å²) < 4.78 is 28.5. The maximum absolute atomic E-state index is 13.2. The molecular weight excluding hydrogens is 1040 g/mol. The van der Waals surface area contributed by atoms with Gasteiger partial charge in [-0.2, -0.15) is 0 Å². The molecule has 0 amide bonds. The first-order chi connectivity index (χ1) is 40.6. The Labute approximate surface area is 503 Å². The number of carbonyl (C=O) groups is 4. The van der Waals surface area contributed by atoms with Crippen molar-refractivity contribution in [3.05, 3.63) is 122 Å². The quantitative estimate of drug-likeness (QED) is 0.0228. The van der Waals surface area contributed by atoms with Gasteiger partial charge in [0.05, 0.1) is 6.61 Å². The van der Waals surface area contributed by atoms with E-state index in [1.165, 1.54) is 19.3 Å². The zero-order chi connectivity index (χ0) is 60.3. The number of aliphatic hydroxyl groups excluding tert-OH is 2. The van der Waals surface area contributed by atoms with E-state index in [0.717, 1.165) is 173 Å². The van der Waals surface area contributed by atoms with Crippen molar-refractivity contribution in [3.63, 3.8) is 0 Å². The van der Waals surface area contributed by atoms with E-state index in [1.807, 2.05) is 0 Å². The van der Waals surface area contributed by atoms with Crippen molar-refractivity contribution in [2.45, 2.75) is 289 Å². The van der Waals surface area contributed by atoms with E-state index < -0.39 is 67.3 Å². The minimum absolute atomic E-state index is 0.0355. The van der Waals surface area contributed by atoms with Gasteiger partial charge in [0.2, 0.25) is 0 Å². The van der Waals surface area contributed by atoms with Crippen LogP contribution in [0.25, 0.3) is 0 Å². The molecule has 0 spiro atoms. The van der Waals surface area contributed by atoms with Crippen LogP contribution in [-0.4, -0.2) is 89.2 Å². The highest BCUT2D eigenvalue weighted by Gasteiger charge is 2.50. The number of aliphatic hydroxyl groups is 2. The number of allylic oxidation sites excluding steroid dienone is 20. The SMILES string of the molecule is CC/C=C\C/C=C\C/C=C\C/C=C\CCCCCCCCC(=O)OCC(COC1OC(C(=O)O)C(O)C(O)C1OC(=O)CCCCCCC/C=C\C/C=C\CCCCC)OC(=O)CCCCCCCC/C=C\C/C=C\C/C=C\C/C=C\CC. The second-order valence-electron chi connectivity index (χ2n) is 21.6. The van der Waals surface area contributed by atoms with Crippen molar-refractivity contribution in [2.24, 2.45) is 0 Å². The summed E-state index contributed by atoms with van der Waals surface area (Å²) >= 11 is 0. The first-order valence-electron chi connectivity index (χ1n) is 32.5. The second kappa shape index (κ2) is 57.5. The van der Waals surface area contributed by atoms with Crippen molar-refractivity contribution in [3.8, 4) is 0 Å². The molecule has 1 aliphatic rings. The zero-order valence-electron chi connectivity index (χ0n) is 51.9. The van der Waals surface area contributed by atoms with Gasteiger partial charge in [0.1, 0.15) is 18.8 Å². The molecular formula is C71H114O12. The molecule has 0 aromatic heterocycles. The van der Waals surface area contributed by atoms with E-state index in [0.29, 0.717) is 19.3 Å². The molecule has 3 N–H and O–H groups in total. The third-order valence-electron chi connectivity index (χ3n) is 14.0. The average Bonchev–Trinajstić information content (AvgIpc) is 3.58. The molecule has 0 aliphatic carbocycles. The van der Waals surface area contributed by atoms with E-state index >= 15 is 0 Å². The van der Waals surface area contributed by atoms with Crippen LogP contribution in [0.2, 0.25) is 0 Å². The monoisotopic (exact) mass is 1160 g/mol. The number of hydrogen-bond acceptors (Lipinski definition) is 11. The van der Waals surface area contributed by atoms with Crippen LogP contribution < -0.4 is 0 Å². The zero-order valence-corrected chi connectivity index (χ0v) is 51.9. The van der Waals surface area contributed by atoms with Crippen LogP contribution in [-0.2, 0) is 42.9 Å². The van der Waals surface area contributed by atoms with Crippen molar-refractivity contribution < 1.29 is 58.2 Å². The van der Waals surface area contributed by atoms with Gasteiger partial charge in [0, 0.05) is 19.3 Å². The predicted octanol–water partition coefficient (Wildman–Crippen LogP) is 17.6. The van der Waals surface area contributed by atoms with Crippen LogP contribution in [0.3, 0.4) is 0 Å². The summed E-state index contributed by atoms with van der Waals surface area (Å²) in [5, 5.41) is 31.6. The lowest BCUT2D eigenvalue weighted by Crippen LogP contribution is -2.61. The largest absolute Gasteiger partial charge is 0.479 e. The summed E-state index contributed by atoms with van der Waals surface area (Å²) in [5.74, 6) is -3.18. The van der Waals surface area contributed by atoms with Gasteiger partial charge in [0.25, 0.3) is 0 Å². The maximum atomic E-state index is 13.2. The average molecular weight is 1160 g/mol. The van der Waals surface area contributed by atoms with Gasteiger partial charge in [-0.15, -0.1) is 0 Å². The van der Waals surface area contributed by atoms with E-state index in [2.05, 4.69) is 142 Å². The van der Waals surface area contributed by atoms with E-state index in [4.69, 9.17) is 23.7 Å². The van der Waals surface area contributed by atoms with Gasteiger partial charge >= 0.3 is 23.9 Å². The summed E-state index contributed by atoms with van der Waals surface area (Å²) in [5.41, 5.74) is 0. The van der Waals surface area contributed by atoms with Crippen LogP contribution in [0, 0.1) is 0 Å². The molecule has 1 heterocycles. The van der Waals surface area contributed by atoms with Crippen LogP contribution >= 0.6 is 0 Å². The van der Waals surface area contributed by atoms with E-state index in [9.17, 15) is 34.5 Å². The van der Waals surface area contributed by atoms with Gasteiger partial charge in [0.15, 0.2) is 24.6 Å². The number of rotatable bonds is 54. The molecule has 12 heteroatoms. The molecule has 12 nitrogen and oxygen atoms in total. The molecule has 0 bridgehead atoms. The summed E-state index contributed by atoms with van der Waals surface area (Å²) in [6.45, 7) is 5.72. The summed E-state index contributed by atoms with van der Waals surface area (Å²) in [7, 11) is 0. The smallest absolute Gasteiger partial charge is 0.335 e. The first-order valence-corrected chi connectivity index (χ1v) is 32.5. The van der Waals surface area contributed by atoms with Crippen molar-refractivity contribution in [1.82, 2.24) is 0 Å². The fourth-order valence-electron chi connectivity index (χ4n) is 9.09. The fourth-order valence-corrected chi connectivity index (χ4v) is 9.09. The Morgan fingerprint density at radius 3 is 1.16 bits per heavy atom. The molecule has 0 aromatic carbocycles. The van der Waals surface area contributed by atoms with E-state index in [-0.39, 0.29) is 25.9 Å². The third-order valence-corrected chi connectivity index (χ3v) is 14.0. The number of hydrogen-bond donors (Lipinski definition) is 3. The molecule has 0 radical (unpaired) electrons. The molecule has 83 heavy (non-hydrogen) atoms. The lowest BCUT2D eigenvalue weighted by Gasteiger charge is -2.40. The van der Waals surface area contributed by atoms with Gasteiger partial charge in [-0.1, -0.05) is 226 Å². The molecule has 0 saturated carbocycles. The van der Waals surface area contributed by atoms with Crippen LogP contribution in [0.4, 0.5) is 0 Å². The number of aliphatic carboxylic acids is 1. The number of carboxylic acid groups (broad SMARTS) is 1. The number of carbonyl (C=O) groups excluding carboxylic acids is 3. The number of esters is 3. The second-order valence-corrected chi connectivity index (χ2v) is 21.6. The van der Waals surface area contributed by atoms with Crippen LogP contribution in [0.5, 0.6) is 0 Å². The number of carboxylic acids is 1. The van der Waals surface area contributed by atoms with Gasteiger partial charge in [-0.3, -0.25) is 14.4 Å². The topological polar surface area (TPSA) is 175 Å². The molecule has 1 rings (SSSR count). The van der Waals surface area contributed by atoms with Crippen molar-refractivity contribution in [2.75, 3.05) is 13.2 Å². The molecule has 6 unspecified atom stereocenters. The van der Waals surface area contributed by atoms with Crippen LogP contribution in [0.15, 0.2) is 122 Å². The highest BCUT2D eigenvalue weighted by atomic mass is 16.7. The Morgan fingerprint density at radius 1 is 0.410 bits per heavy atom. The van der Waals surface area contributed by atoms with Gasteiger partial charge < -0.3 is 39.0 Å². The highest BCUT2D eigenvalue weighted by molar-refractivity contribution is 5.74. The normalized spacial score (nSPS) is 18.4. The summed E-state index contributed by atoms with van der Waals surface area (Å²) in [4.78, 5) is 51.4. The maximum Gasteiger partial charge on any atom is 0.335 e. The van der Waals surface area contributed by atoms with Crippen molar-refractivity contribution >= 4 is 23.9 Å². The van der Waals surface area contributed by atoms with Crippen molar-refractivity contribution in [1.29, 1.82) is 0 Å². The Bertz CT molecular complexity index is 1900. The standard InChI is InChI=1S/C71H114O12/c1-4-7-10-13-16-19-22-25-28-30-32-34-37-39-42-45-48-51-54-57-63(72)79-60-62(81-64(73)58-55-52-49-46-43-41-38-35-33-31-29-26-23-20-17-14-11-8-5-2)61-80-71-69(67(76)66(75)68(83-71)70(77)78)82-65(74)59-56-53-50-47-44-40-36-27-24-21-18-15-12-9-6-3/h7-8,10-11,16-21,25-29,32-36,62,66-69,71,75-76H,4-6,9,12-15,22-24,30-31,37-61H2,1-3H3,(H,77,78)/b10-7-,11-8-,19-16-,20-17-,21-18-,28-25-,29-26-,34-32-,35-33-,36-27-. The Hall–Kier alpha value is -4.88.